The summed E-state index contributed by atoms with van der Waals surface area (Å²) >= 11 is 0. The Morgan fingerprint density at radius 1 is 0.905 bits per heavy atom. The lowest BCUT2D eigenvalue weighted by molar-refractivity contribution is 0.482. The van der Waals surface area contributed by atoms with Crippen LogP contribution in [0.2, 0.25) is 0 Å². The fourth-order valence-electron chi connectivity index (χ4n) is 2.37. The number of rotatable bonds is 7. The Hall–Kier alpha value is -1.80. The van der Waals surface area contributed by atoms with Crippen LogP contribution < -0.4 is 10.1 Å². The topological polar surface area (TPSA) is 21.3 Å². The molecule has 0 atom stereocenters. The molecule has 2 aromatic rings. The minimum atomic E-state index is 0.752. The van der Waals surface area contributed by atoms with Crippen LogP contribution in [0.4, 0.5) is 0 Å². The zero-order valence-corrected chi connectivity index (χ0v) is 12.6. The van der Waals surface area contributed by atoms with E-state index in [4.69, 9.17) is 4.74 Å². The molecular formula is C19H23NO. The lowest BCUT2D eigenvalue weighted by Crippen LogP contribution is -2.14. The van der Waals surface area contributed by atoms with Crippen molar-refractivity contribution in [3.63, 3.8) is 0 Å². The van der Waals surface area contributed by atoms with Crippen LogP contribution in [0.5, 0.6) is 11.5 Å². The molecule has 1 saturated carbocycles. The molecule has 2 nitrogen and oxygen atoms in total. The molecular weight excluding hydrogens is 258 g/mol. The maximum Gasteiger partial charge on any atom is 0.127 e. The van der Waals surface area contributed by atoms with E-state index < -0.39 is 0 Å². The molecule has 1 aliphatic rings. The van der Waals surface area contributed by atoms with Gasteiger partial charge < -0.3 is 10.1 Å². The number of nitrogens with one attached hydrogen (secondary N) is 1. The summed E-state index contributed by atoms with van der Waals surface area (Å²) in [6.07, 6.45) is 4.96. The third-order valence-electron chi connectivity index (χ3n) is 3.79. The van der Waals surface area contributed by atoms with Gasteiger partial charge in [0.2, 0.25) is 0 Å². The van der Waals surface area contributed by atoms with Crippen molar-refractivity contribution in [2.75, 3.05) is 0 Å². The van der Waals surface area contributed by atoms with Gasteiger partial charge >= 0.3 is 0 Å². The summed E-state index contributed by atoms with van der Waals surface area (Å²) < 4.78 is 5.88. The van der Waals surface area contributed by atoms with Crippen LogP contribution >= 0.6 is 0 Å². The van der Waals surface area contributed by atoms with E-state index in [0.29, 0.717) is 0 Å². The Balaban J connectivity index is 1.56. The first-order valence-corrected chi connectivity index (χ1v) is 7.92. The smallest absolute Gasteiger partial charge is 0.127 e. The highest BCUT2D eigenvalue weighted by Gasteiger charge is 2.19. The van der Waals surface area contributed by atoms with Crippen LogP contribution in [0, 0.1) is 0 Å². The molecule has 0 radical (unpaired) electrons. The zero-order chi connectivity index (χ0) is 14.5. The number of benzene rings is 2. The van der Waals surface area contributed by atoms with Gasteiger partial charge in [-0.05, 0) is 54.7 Å². The average molecular weight is 281 g/mol. The van der Waals surface area contributed by atoms with Gasteiger partial charge in [0.05, 0.1) is 0 Å². The van der Waals surface area contributed by atoms with Gasteiger partial charge in [-0.1, -0.05) is 37.6 Å². The maximum absolute atomic E-state index is 5.88. The van der Waals surface area contributed by atoms with Crippen molar-refractivity contribution >= 4 is 0 Å². The van der Waals surface area contributed by atoms with E-state index in [2.05, 4.69) is 36.5 Å². The fourth-order valence-corrected chi connectivity index (χ4v) is 2.37. The second-order valence-electron chi connectivity index (χ2n) is 5.80. The van der Waals surface area contributed by atoms with Crippen molar-refractivity contribution in [2.24, 2.45) is 0 Å². The van der Waals surface area contributed by atoms with E-state index in [1.807, 2.05) is 24.3 Å². The molecule has 1 N–H and O–H groups in total. The summed E-state index contributed by atoms with van der Waals surface area (Å²) in [6, 6.07) is 17.5. The van der Waals surface area contributed by atoms with E-state index >= 15 is 0 Å². The predicted octanol–water partition coefficient (Wildman–Crippen LogP) is 4.68. The van der Waals surface area contributed by atoms with Crippen LogP contribution in [-0.2, 0) is 13.0 Å². The van der Waals surface area contributed by atoms with E-state index in [1.54, 1.807) is 0 Å². The van der Waals surface area contributed by atoms with Crippen LogP contribution in [0.15, 0.2) is 48.5 Å². The second kappa shape index (κ2) is 6.77. The van der Waals surface area contributed by atoms with Crippen molar-refractivity contribution in [3.05, 3.63) is 59.7 Å². The molecule has 0 amide bonds. The number of aryl methyl sites for hydroxylation is 1. The largest absolute Gasteiger partial charge is 0.457 e. The van der Waals surface area contributed by atoms with Gasteiger partial charge in [0, 0.05) is 12.6 Å². The third kappa shape index (κ3) is 4.33. The first kappa shape index (κ1) is 14.2. The van der Waals surface area contributed by atoms with Crippen LogP contribution in [0.1, 0.15) is 37.3 Å². The van der Waals surface area contributed by atoms with Gasteiger partial charge in [0.1, 0.15) is 11.5 Å². The first-order chi connectivity index (χ1) is 10.3. The van der Waals surface area contributed by atoms with Crippen molar-refractivity contribution < 1.29 is 4.74 Å². The van der Waals surface area contributed by atoms with Gasteiger partial charge in [0.25, 0.3) is 0 Å². The SMILES string of the molecule is CCCc1ccc(Oc2ccc(CNC3CC3)cc2)cc1. The second-order valence-corrected chi connectivity index (χ2v) is 5.80. The summed E-state index contributed by atoms with van der Waals surface area (Å²) in [4.78, 5) is 0. The molecule has 0 aliphatic heterocycles. The molecule has 21 heavy (non-hydrogen) atoms. The Morgan fingerprint density at radius 2 is 1.48 bits per heavy atom. The molecule has 1 fully saturated rings. The average Bonchev–Trinajstić information content (AvgIpc) is 3.33. The highest BCUT2D eigenvalue weighted by molar-refractivity contribution is 5.34. The van der Waals surface area contributed by atoms with Crippen molar-refractivity contribution in [2.45, 2.75) is 45.2 Å². The molecule has 0 aromatic heterocycles. The molecule has 2 aromatic carbocycles. The molecule has 1 aliphatic carbocycles. The number of hydrogen-bond acceptors (Lipinski definition) is 2. The lowest BCUT2D eigenvalue weighted by Gasteiger charge is -2.08. The van der Waals surface area contributed by atoms with Gasteiger partial charge in [-0.15, -0.1) is 0 Å². The summed E-state index contributed by atoms with van der Waals surface area (Å²) in [5.74, 6) is 1.80. The van der Waals surface area contributed by atoms with Gasteiger partial charge in [-0.3, -0.25) is 0 Å². The molecule has 2 heteroatoms. The summed E-state index contributed by atoms with van der Waals surface area (Å²) in [7, 11) is 0. The van der Waals surface area contributed by atoms with Crippen molar-refractivity contribution in [3.8, 4) is 11.5 Å². The number of ether oxygens (including phenoxy) is 1. The molecule has 0 bridgehead atoms. The first-order valence-electron chi connectivity index (χ1n) is 7.92. The maximum atomic E-state index is 5.88. The Bertz CT molecular complexity index is 555. The minimum absolute atomic E-state index is 0.752. The molecule has 110 valence electrons. The van der Waals surface area contributed by atoms with E-state index in [0.717, 1.165) is 30.5 Å². The summed E-state index contributed by atoms with van der Waals surface area (Å²) in [5.41, 5.74) is 2.68. The normalized spacial score (nSPS) is 14.1. The van der Waals surface area contributed by atoms with Gasteiger partial charge in [-0.25, -0.2) is 0 Å². The fraction of sp³-hybridized carbons (Fsp3) is 0.368. The Kier molecular flexibility index (Phi) is 4.56. The molecule has 3 rings (SSSR count). The van der Waals surface area contributed by atoms with Gasteiger partial charge in [0.15, 0.2) is 0 Å². The molecule has 0 heterocycles. The standard InChI is InChI=1S/C19H23NO/c1-2-3-15-4-10-18(11-5-15)21-19-12-6-16(7-13-19)14-20-17-8-9-17/h4-7,10-13,17,20H,2-3,8-9,14H2,1H3. The van der Waals surface area contributed by atoms with Crippen molar-refractivity contribution in [1.29, 1.82) is 0 Å². The highest BCUT2D eigenvalue weighted by Crippen LogP contribution is 2.23. The predicted molar refractivity (Wildman–Crippen MR) is 86.8 cm³/mol. The van der Waals surface area contributed by atoms with E-state index in [-0.39, 0.29) is 0 Å². The molecule has 0 unspecified atom stereocenters. The van der Waals surface area contributed by atoms with Gasteiger partial charge in [-0.2, -0.15) is 0 Å². The highest BCUT2D eigenvalue weighted by atomic mass is 16.5. The van der Waals surface area contributed by atoms with Crippen LogP contribution in [0.3, 0.4) is 0 Å². The van der Waals surface area contributed by atoms with Crippen LogP contribution in [-0.4, -0.2) is 6.04 Å². The summed E-state index contributed by atoms with van der Waals surface area (Å²) in [5, 5.41) is 3.52. The molecule has 0 spiro atoms. The number of hydrogen-bond donors (Lipinski definition) is 1. The van der Waals surface area contributed by atoms with E-state index in [1.165, 1.54) is 30.4 Å². The molecule has 0 saturated heterocycles. The lowest BCUT2D eigenvalue weighted by atomic mass is 10.1. The monoisotopic (exact) mass is 281 g/mol. The zero-order valence-electron chi connectivity index (χ0n) is 12.6. The van der Waals surface area contributed by atoms with Crippen molar-refractivity contribution in [1.82, 2.24) is 5.32 Å². The summed E-state index contributed by atoms with van der Waals surface area (Å²) in [6.45, 7) is 3.15. The minimum Gasteiger partial charge on any atom is -0.457 e. The quantitative estimate of drug-likeness (QED) is 0.795. The Labute approximate surface area is 127 Å². The van der Waals surface area contributed by atoms with Crippen LogP contribution in [0.25, 0.3) is 0 Å². The third-order valence-corrected chi connectivity index (χ3v) is 3.79. The van der Waals surface area contributed by atoms with E-state index in [9.17, 15) is 0 Å². The Morgan fingerprint density at radius 3 is 2.00 bits per heavy atom.